The third-order valence-electron chi connectivity index (χ3n) is 2.63. The number of ether oxygens (including phenoxy) is 1. The molecule has 1 aromatic heterocycles. The molecule has 0 aliphatic heterocycles. The van der Waals surface area contributed by atoms with Crippen molar-refractivity contribution < 1.29 is 19.4 Å². The number of carboxylic acid groups (broad SMARTS) is 1. The van der Waals surface area contributed by atoms with Crippen LogP contribution in [0.25, 0.3) is 5.69 Å². The first-order valence-corrected chi connectivity index (χ1v) is 7.92. The molecule has 0 saturated heterocycles. The number of amides is 1. The smallest absolute Gasteiger partial charge is 0.412 e. The van der Waals surface area contributed by atoms with Crippen LogP contribution in [-0.4, -0.2) is 26.7 Å². The lowest BCUT2D eigenvalue weighted by atomic mass is 10.2. The summed E-state index contributed by atoms with van der Waals surface area (Å²) in [5.74, 6) is -1.20. The van der Waals surface area contributed by atoms with Gasteiger partial charge in [0.2, 0.25) is 0 Å². The molecule has 0 aliphatic rings. The molecule has 1 amide bonds. The van der Waals surface area contributed by atoms with Crippen molar-refractivity contribution in [1.29, 1.82) is 0 Å². The fourth-order valence-electron chi connectivity index (χ4n) is 1.78. The molecule has 1 heterocycles. The number of para-hydroxylation sites is 1. The number of nitrogens with zero attached hydrogens (tertiary/aromatic N) is 1. The zero-order chi connectivity index (χ0) is 17.2. The lowest BCUT2D eigenvalue weighted by molar-refractivity contribution is 0.0636. The van der Waals surface area contributed by atoms with E-state index >= 15 is 0 Å². The van der Waals surface area contributed by atoms with Gasteiger partial charge in [-0.25, -0.2) is 9.59 Å². The van der Waals surface area contributed by atoms with Gasteiger partial charge in [0.15, 0.2) is 0 Å². The molecule has 0 aliphatic carbocycles. The van der Waals surface area contributed by atoms with Crippen LogP contribution in [0.2, 0.25) is 0 Å². The number of carboxylic acids is 1. The molecule has 0 bridgehead atoms. The summed E-state index contributed by atoms with van der Waals surface area (Å²) in [5.41, 5.74) is -0.0846. The summed E-state index contributed by atoms with van der Waals surface area (Å²) in [5, 5.41) is 12.0. The molecule has 0 unspecified atom stereocenters. The summed E-state index contributed by atoms with van der Waals surface area (Å²) in [6.45, 7) is 5.17. The van der Waals surface area contributed by atoms with E-state index in [0.717, 1.165) is 17.2 Å². The second-order valence-electron chi connectivity index (χ2n) is 5.66. The third-order valence-corrected chi connectivity index (χ3v) is 4.19. The lowest BCUT2D eigenvalue weighted by Gasteiger charge is -2.19. The normalized spacial score (nSPS) is 11.1. The number of carbonyl (C=O) groups is 2. The monoisotopic (exact) mass is 352 g/mol. The molecule has 8 heteroatoms. The Morgan fingerprint density at radius 1 is 1.26 bits per heavy atom. The predicted octanol–water partition coefficient (Wildman–Crippen LogP) is 4.31. The first-order chi connectivity index (χ1) is 10.7. The lowest BCUT2D eigenvalue weighted by Crippen LogP contribution is -2.27. The maximum atomic E-state index is 11.9. The molecule has 0 atom stereocenters. The Kier molecular flexibility index (Phi) is 4.86. The predicted molar refractivity (Wildman–Crippen MR) is 91.3 cm³/mol. The Labute approximate surface area is 142 Å². The summed E-state index contributed by atoms with van der Waals surface area (Å²) in [6, 6.07) is 9.08. The highest BCUT2D eigenvalue weighted by atomic mass is 32.1. The fraction of sp³-hybridized carbons (Fsp3) is 0.267. The van der Waals surface area contributed by atoms with Crippen molar-refractivity contribution in [2.24, 2.45) is 0 Å². The molecule has 1 aromatic carbocycles. The maximum absolute atomic E-state index is 11.9. The van der Waals surface area contributed by atoms with Crippen LogP contribution in [0, 0.1) is 4.64 Å². The van der Waals surface area contributed by atoms with Crippen molar-refractivity contribution >= 4 is 40.8 Å². The van der Waals surface area contributed by atoms with E-state index in [4.69, 9.17) is 17.0 Å². The van der Waals surface area contributed by atoms with Crippen molar-refractivity contribution in [3.8, 4) is 5.69 Å². The number of hydrogen-bond donors (Lipinski definition) is 2. The van der Waals surface area contributed by atoms with Crippen molar-refractivity contribution in [3.05, 3.63) is 40.5 Å². The number of nitrogens with one attached hydrogen (secondary N) is 1. The van der Waals surface area contributed by atoms with Crippen LogP contribution < -0.4 is 5.32 Å². The van der Waals surface area contributed by atoms with Gasteiger partial charge >= 0.3 is 12.1 Å². The van der Waals surface area contributed by atoms with Gasteiger partial charge in [-0.05, 0) is 44.4 Å². The Bertz CT molecular complexity index is 788. The number of aromatic nitrogens is 1. The average Bonchev–Trinajstić information content (AvgIpc) is 2.74. The van der Waals surface area contributed by atoms with Gasteiger partial charge in [-0.1, -0.05) is 30.4 Å². The molecular weight excluding hydrogens is 336 g/mol. The van der Waals surface area contributed by atoms with E-state index < -0.39 is 17.7 Å². The van der Waals surface area contributed by atoms with Gasteiger partial charge in [-0.3, -0.25) is 9.27 Å². The van der Waals surface area contributed by atoms with Crippen molar-refractivity contribution in [1.82, 2.24) is 3.96 Å². The van der Waals surface area contributed by atoms with Gasteiger partial charge in [0.05, 0.1) is 5.69 Å². The molecule has 23 heavy (non-hydrogen) atoms. The minimum absolute atomic E-state index is 0.125. The number of rotatable bonds is 3. The van der Waals surface area contributed by atoms with Crippen LogP contribution in [-0.2, 0) is 4.74 Å². The first-order valence-electron chi connectivity index (χ1n) is 6.74. The molecular formula is C15H16N2O4S2. The van der Waals surface area contributed by atoms with Gasteiger partial charge in [0, 0.05) is 0 Å². The number of carbonyl (C=O) groups excluding carboxylic acids is 1. The summed E-state index contributed by atoms with van der Waals surface area (Å²) in [7, 11) is 0. The van der Waals surface area contributed by atoms with Crippen molar-refractivity contribution in [3.63, 3.8) is 0 Å². The van der Waals surface area contributed by atoms with Gasteiger partial charge in [0.1, 0.15) is 20.8 Å². The maximum Gasteiger partial charge on any atom is 0.412 e. The highest BCUT2D eigenvalue weighted by molar-refractivity contribution is 7.71. The quantitative estimate of drug-likeness (QED) is 0.805. The molecule has 2 rings (SSSR count). The summed E-state index contributed by atoms with van der Waals surface area (Å²) >= 11 is 6.28. The van der Waals surface area contributed by atoms with Crippen LogP contribution in [0.3, 0.4) is 0 Å². The molecule has 6 nitrogen and oxygen atoms in total. The van der Waals surface area contributed by atoms with E-state index in [0.29, 0.717) is 0 Å². The van der Waals surface area contributed by atoms with Crippen LogP contribution in [0.5, 0.6) is 0 Å². The molecule has 122 valence electrons. The van der Waals surface area contributed by atoms with Gasteiger partial charge in [0.25, 0.3) is 0 Å². The summed E-state index contributed by atoms with van der Waals surface area (Å²) < 4.78 is 6.85. The summed E-state index contributed by atoms with van der Waals surface area (Å²) in [6.07, 6.45) is -0.725. The SMILES string of the molecule is CC(C)(C)OC(=O)Nc1sn(-c2ccccc2)c(=S)c1C(=O)O. The van der Waals surface area contributed by atoms with Crippen LogP contribution in [0.1, 0.15) is 31.1 Å². The second kappa shape index (κ2) is 6.51. The Morgan fingerprint density at radius 2 is 1.87 bits per heavy atom. The van der Waals surface area contributed by atoms with Gasteiger partial charge in [-0.15, -0.1) is 0 Å². The number of anilines is 1. The highest BCUT2D eigenvalue weighted by Crippen LogP contribution is 2.29. The standard InChI is InChI=1S/C15H16N2O4S2/c1-15(2,3)21-14(20)16-11-10(13(18)19)12(22)17(23-11)9-7-5-4-6-8-9/h4-8H,1-3H3,(H,16,20)(H,18,19). The van der Waals surface area contributed by atoms with Gasteiger partial charge in [-0.2, -0.15) is 0 Å². The zero-order valence-electron chi connectivity index (χ0n) is 12.8. The summed E-state index contributed by atoms with van der Waals surface area (Å²) in [4.78, 5) is 23.4. The molecule has 0 spiro atoms. The minimum atomic E-state index is -1.20. The van der Waals surface area contributed by atoms with E-state index in [-0.39, 0.29) is 15.2 Å². The van der Waals surface area contributed by atoms with Crippen molar-refractivity contribution in [2.75, 3.05) is 5.32 Å². The first kappa shape index (κ1) is 17.2. The topological polar surface area (TPSA) is 80.6 Å². The van der Waals surface area contributed by atoms with E-state index in [1.165, 1.54) is 0 Å². The van der Waals surface area contributed by atoms with Crippen LogP contribution in [0.4, 0.5) is 9.80 Å². The number of hydrogen-bond acceptors (Lipinski definition) is 5. The van der Waals surface area contributed by atoms with E-state index in [1.54, 1.807) is 36.9 Å². The Hall–Kier alpha value is -2.19. The fourth-order valence-corrected chi connectivity index (χ4v) is 3.24. The Balaban J connectivity index is 2.42. The minimum Gasteiger partial charge on any atom is -0.477 e. The molecule has 2 aromatic rings. The van der Waals surface area contributed by atoms with E-state index in [2.05, 4.69) is 5.32 Å². The Morgan fingerprint density at radius 3 is 2.39 bits per heavy atom. The van der Waals surface area contributed by atoms with Crippen LogP contribution in [0.15, 0.2) is 30.3 Å². The highest BCUT2D eigenvalue weighted by Gasteiger charge is 2.23. The number of benzene rings is 1. The largest absolute Gasteiger partial charge is 0.477 e. The third kappa shape index (κ3) is 4.17. The second-order valence-corrected chi connectivity index (χ2v) is 7.01. The van der Waals surface area contributed by atoms with Crippen molar-refractivity contribution in [2.45, 2.75) is 26.4 Å². The number of aromatic carboxylic acids is 1. The average molecular weight is 352 g/mol. The van der Waals surface area contributed by atoms with Crippen LogP contribution >= 0.6 is 23.8 Å². The molecule has 0 saturated carbocycles. The molecule has 0 radical (unpaired) electrons. The zero-order valence-corrected chi connectivity index (χ0v) is 14.5. The van der Waals surface area contributed by atoms with E-state index in [1.807, 2.05) is 18.2 Å². The van der Waals surface area contributed by atoms with E-state index in [9.17, 15) is 14.7 Å². The molecule has 2 N–H and O–H groups in total. The molecule has 0 fully saturated rings. The van der Waals surface area contributed by atoms with Gasteiger partial charge < -0.3 is 9.84 Å².